The molecule has 2 N–H and O–H groups in total. The predicted octanol–water partition coefficient (Wildman–Crippen LogP) is 1.14. The molecule has 3 rings (SSSR count). The molecule has 2 saturated heterocycles. The third-order valence-electron chi connectivity index (χ3n) is 4.84. The van der Waals surface area contributed by atoms with Crippen LogP contribution in [0.1, 0.15) is 32.6 Å². The van der Waals surface area contributed by atoms with E-state index in [1.165, 1.54) is 25.8 Å². The highest BCUT2D eigenvalue weighted by molar-refractivity contribution is 4.97. The molecule has 4 unspecified atom stereocenters. The van der Waals surface area contributed by atoms with Crippen molar-refractivity contribution in [2.45, 2.75) is 44.2 Å². The van der Waals surface area contributed by atoms with Crippen LogP contribution in [0.4, 0.5) is 0 Å². The van der Waals surface area contributed by atoms with Gasteiger partial charge in [0.15, 0.2) is 0 Å². The smallest absolute Gasteiger partial charge is 0.0646 e. The lowest BCUT2D eigenvalue weighted by molar-refractivity contribution is 0.169. The molecule has 3 nitrogen and oxygen atoms in total. The Kier molecular flexibility index (Phi) is 2.94. The number of hydrogen-bond acceptors (Lipinski definition) is 3. The van der Waals surface area contributed by atoms with E-state index in [0.29, 0.717) is 6.04 Å². The Bertz CT molecular complexity index is 250. The fourth-order valence-electron chi connectivity index (χ4n) is 3.69. The second kappa shape index (κ2) is 4.28. The van der Waals surface area contributed by atoms with Crippen LogP contribution in [0.3, 0.4) is 0 Å². The maximum atomic E-state index is 5.48. The molecule has 3 aliphatic rings. The van der Waals surface area contributed by atoms with Gasteiger partial charge in [-0.05, 0) is 44.6 Å². The van der Waals surface area contributed by atoms with E-state index in [-0.39, 0.29) is 5.54 Å². The van der Waals surface area contributed by atoms with E-state index in [2.05, 4.69) is 17.6 Å². The van der Waals surface area contributed by atoms with Gasteiger partial charge in [-0.15, -0.1) is 0 Å². The molecule has 92 valence electrons. The monoisotopic (exact) mass is 224 g/mol. The summed E-state index contributed by atoms with van der Waals surface area (Å²) in [5.74, 6) is 1.91. The lowest BCUT2D eigenvalue weighted by Gasteiger charge is -2.27. The Labute approximate surface area is 98.3 Å². The van der Waals surface area contributed by atoms with Gasteiger partial charge in [-0.1, -0.05) is 6.42 Å². The molecule has 4 atom stereocenters. The molecule has 0 radical (unpaired) electrons. The van der Waals surface area contributed by atoms with E-state index >= 15 is 0 Å². The van der Waals surface area contributed by atoms with Crippen molar-refractivity contribution in [1.29, 1.82) is 0 Å². The van der Waals surface area contributed by atoms with Crippen molar-refractivity contribution >= 4 is 0 Å². The van der Waals surface area contributed by atoms with Crippen molar-refractivity contribution in [2.75, 3.05) is 26.3 Å². The summed E-state index contributed by atoms with van der Waals surface area (Å²) in [7, 11) is 0. The zero-order valence-electron chi connectivity index (χ0n) is 10.3. The summed E-state index contributed by atoms with van der Waals surface area (Å²) in [6.07, 6.45) is 5.51. The van der Waals surface area contributed by atoms with Crippen molar-refractivity contribution in [1.82, 2.24) is 10.6 Å². The van der Waals surface area contributed by atoms with Gasteiger partial charge >= 0.3 is 0 Å². The summed E-state index contributed by atoms with van der Waals surface area (Å²) in [5, 5.41) is 7.42. The normalized spacial score (nSPS) is 47.4. The summed E-state index contributed by atoms with van der Waals surface area (Å²) in [5.41, 5.74) is 0.234. The minimum atomic E-state index is 0.234. The molecule has 0 aromatic heterocycles. The van der Waals surface area contributed by atoms with Gasteiger partial charge in [0.2, 0.25) is 0 Å². The van der Waals surface area contributed by atoms with Crippen LogP contribution >= 0.6 is 0 Å². The van der Waals surface area contributed by atoms with E-state index < -0.39 is 0 Å². The van der Waals surface area contributed by atoms with Gasteiger partial charge in [0.05, 0.1) is 6.61 Å². The van der Waals surface area contributed by atoms with Crippen molar-refractivity contribution in [3.63, 3.8) is 0 Å². The number of fused-ring (bicyclic) bond motifs is 1. The van der Waals surface area contributed by atoms with Crippen LogP contribution in [0.2, 0.25) is 0 Å². The van der Waals surface area contributed by atoms with Crippen molar-refractivity contribution in [3.8, 4) is 0 Å². The summed E-state index contributed by atoms with van der Waals surface area (Å²) >= 11 is 0. The molecule has 0 bridgehead atoms. The molecular formula is C13H24N2O. The zero-order chi connectivity index (χ0) is 11.0. The lowest BCUT2D eigenvalue weighted by atomic mass is 9.93. The Morgan fingerprint density at radius 1 is 1.44 bits per heavy atom. The molecule has 3 heteroatoms. The van der Waals surface area contributed by atoms with Gasteiger partial charge in [-0.25, -0.2) is 0 Å². The Hall–Kier alpha value is -0.120. The van der Waals surface area contributed by atoms with Crippen molar-refractivity contribution in [3.05, 3.63) is 0 Å². The predicted molar refractivity (Wildman–Crippen MR) is 64.5 cm³/mol. The average molecular weight is 224 g/mol. The van der Waals surface area contributed by atoms with Crippen LogP contribution in [0.25, 0.3) is 0 Å². The number of ether oxygens (including phenoxy) is 1. The van der Waals surface area contributed by atoms with Crippen molar-refractivity contribution in [2.24, 2.45) is 11.8 Å². The molecule has 1 aliphatic carbocycles. The first kappa shape index (κ1) is 11.0. The summed E-state index contributed by atoms with van der Waals surface area (Å²) in [6.45, 7) is 6.48. The summed E-state index contributed by atoms with van der Waals surface area (Å²) < 4.78 is 5.48. The average Bonchev–Trinajstić information content (AvgIpc) is 2.91. The van der Waals surface area contributed by atoms with E-state index in [1.807, 2.05) is 0 Å². The second-order valence-corrected chi connectivity index (χ2v) is 6.11. The summed E-state index contributed by atoms with van der Waals surface area (Å²) in [4.78, 5) is 0. The highest BCUT2D eigenvalue weighted by atomic mass is 16.5. The van der Waals surface area contributed by atoms with Gasteiger partial charge in [0, 0.05) is 24.7 Å². The highest BCUT2D eigenvalue weighted by Crippen LogP contribution is 2.37. The quantitative estimate of drug-likeness (QED) is 0.754. The van der Waals surface area contributed by atoms with Gasteiger partial charge in [-0.3, -0.25) is 0 Å². The minimum absolute atomic E-state index is 0.234. The molecule has 0 amide bonds. The van der Waals surface area contributed by atoms with Gasteiger partial charge in [-0.2, -0.15) is 0 Å². The molecule has 16 heavy (non-hydrogen) atoms. The van der Waals surface area contributed by atoms with E-state index in [9.17, 15) is 0 Å². The summed E-state index contributed by atoms with van der Waals surface area (Å²) in [6, 6.07) is 0.713. The Balaban J connectivity index is 1.51. The molecule has 0 aromatic rings. The number of nitrogens with one attached hydrogen (secondary N) is 2. The molecule has 0 spiro atoms. The molecular weight excluding hydrogens is 200 g/mol. The topological polar surface area (TPSA) is 33.3 Å². The Morgan fingerprint density at radius 2 is 2.38 bits per heavy atom. The maximum absolute atomic E-state index is 5.48. The van der Waals surface area contributed by atoms with Crippen LogP contribution in [0, 0.1) is 11.8 Å². The fraction of sp³-hybridized carbons (Fsp3) is 1.00. The van der Waals surface area contributed by atoms with E-state index in [4.69, 9.17) is 4.74 Å². The first-order valence-corrected chi connectivity index (χ1v) is 6.83. The largest absolute Gasteiger partial charge is 0.379 e. The molecule has 2 heterocycles. The maximum Gasteiger partial charge on any atom is 0.0646 e. The van der Waals surface area contributed by atoms with E-state index in [1.54, 1.807) is 0 Å². The van der Waals surface area contributed by atoms with Crippen LogP contribution < -0.4 is 10.6 Å². The molecule has 1 saturated carbocycles. The van der Waals surface area contributed by atoms with Gasteiger partial charge in [0.25, 0.3) is 0 Å². The molecule has 2 aliphatic heterocycles. The van der Waals surface area contributed by atoms with Gasteiger partial charge in [0.1, 0.15) is 0 Å². The lowest BCUT2D eigenvalue weighted by Crippen LogP contribution is -2.49. The number of hydrogen-bond donors (Lipinski definition) is 2. The molecule has 0 aromatic carbocycles. The first-order valence-electron chi connectivity index (χ1n) is 6.83. The first-order chi connectivity index (χ1) is 7.77. The van der Waals surface area contributed by atoms with E-state index in [0.717, 1.165) is 38.0 Å². The van der Waals surface area contributed by atoms with Gasteiger partial charge < -0.3 is 15.4 Å². The molecule has 3 fully saturated rings. The standard InChI is InChI=1S/C13H24N2O/c1-13(5-6-16-9-13)15-8-12-11-4-2-3-10(11)7-14-12/h10-12,14-15H,2-9H2,1H3. The van der Waals surface area contributed by atoms with Crippen LogP contribution in [-0.2, 0) is 4.74 Å². The number of rotatable bonds is 3. The van der Waals surface area contributed by atoms with Crippen molar-refractivity contribution < 1.29 is 4.74 Å². The zero-order valence-corrected chi connectivity index (χ0v) is 10.3. The second-order valence-electron chi connectivity index (χ2n) is 6.11. The van der Waals surface area contributed by atoms with Crippen LogP contribution in [0.5, 0.6) is 0 Å². The Morgan fingerprint density at radius 3 is 3.19 bits per heavy atom. The minimum Gasteiger partial charge on any atom is -0.379 e. The fourth-order valence-corrected chi connectivity index (χ4v) is 3.69. The van der Waals surface area contributed by atoms with Crippen LogP contribution in [0.15, 0.2) is 0 Å². The third-order valence-corrected chi connectivity index (χ3v) is 4.84. The van der Waals surface area contributed by atoms with Crippen LogP contribution in [-0.4, -0.2) is 37.9 Å². The third kappa shape index (κ3) is 2.01. The SMILES string of the molecule is CC1(NCC2NCC3CCCC32)CCOC1. The highest BCUT2D eigenvalue weighted by Gasteiger charge is 2.39.